The number of allylic oxidation sites excluding steroid dienone is 2. The molecule has 31 heavy (non-hydrogen) atoms. The van der Waals surface area contributed by atoms with Crippen molar-refractivity contribution in [3.05, 3.63) is 88.1 Å². The third-order valence-electron chi connectivity index (χ3n) is 5.22. The average Bonchev–Trinajstić information content (AvgIpc) is 3.06. The Labute approximate surface area is 182 Å². The lowest BCUT2D eigenvalue weighted by molar-refractivity contribution is 0.0697. The standard InChI is InChI=1S/C25H29N3O3/c1-4-5-10-23-26-28(16-15-18(2)3)25(31)27(23)17-19-11-13-20(14-12-19)21-8-6-7-9-22(21)24(29)30/h4-9,11-14,18H,10,15-17H2,1-3H3,(H,29,30). The van der Waals surface area contributed by atoms with Gasteiger partial charge < -0.3 is 5.11 Å². The molecule has 0 aliphatic heterocycles. The minimum Gasteiger partial charge on any atom is -0.478 e. The zero-order valence-corrected chi connectivity index (χ0v) is 18.3. The fraction of sp³-hybridized carbons (Fsp3) is 0.320. The summed E-state index contributed by atoms with van der Waals surface area (Å²) in [7, 11) is 0. The highest BCUT2D eigenvalue weighted by atomic mass is 16.4. The Morgan fingerprint density at radius 2 is 1.84 bits per heavy atom. The van der Waals surface area contributed by atoms with E-state index in [0.29, 0.717) is 31.0 Å². The number of hydrogen-bond acceptors (Lipinski definition) is 3. The summed E-state index contributed by atoms with van der Waals surface area (Å²) in [5, 5.41) is 14.0. The van der Waals surface area contributed by atoms with Gasteiger partial charge in [0.15, 0.2) is 0 Å². The first-order chi connectivity index (χ1) is 14.9. The van der Waals surface area contributed by atoms with Gasteiger partial charge in [0.05, 0.1) is 12.1 Å². The molecule has 0 saturated heterocycles. The summed E-state index contributed by atoms with van der Waals surface area (Å²) in [6.45, 7) is 7.25. The van der Waals surface area contributed by atoms with E-state index >= 15 is 0 Å². The lowest BCUT2D eigenvalue weighted by Gasteiger charge is -2.09. The molecule has 6 heteroatoms. The predicted octanol–water partition coefficient (Wildman–Crippen LogP) is 4.62. The van der Waals surface area contributed by atoms with Gasteiger partial charge in [0, 0.05) is 13.0 Å². The van der Waals surface area contributed by atoms with Crippen molar-refractivity contribution < 1.29 is 9.90 Å². The maximum Gasteiger partial charge on any atom is 0.346 e. The summed E-state index contributed by atoms with van der Waals surface area (Å²) >= 11 is 0. The Morgan fingerprint density at radius 1 is 1.13 bits per heavy atom. The van der Waals surface area contributed by atoms with Gasteiger partial charge in [0.25, 0.3) is 0 Å². The molecule has 0 aliphatic rings. The minimum absolute atomic E-state index is 0.0968. The van der Waals surface area contributed by atoms with Crippen LogP contribution in [0.5, 0.6) is 0 Å². The maximum absolute atomic E-state index is 13.0. The summed E-state index contributed by atoms with van der Waals surface area (Å²) < 4.78 is 3.29. The molecule has 2 aromatic carbocycles. The van der Waals surface area contributed by atoms with Gasteiger partial charge in [-0.3, -0.25) is 4.57 Å². The Kier molecular flexibility index (Phi) is 7.23. The van der Waals surface area contributed by atoms with E-state index in [4.69, 9.17) is 0 Å². The van der Waals surface area contributed by atoms with Crippen molar-refractivity contribution in [1.29, 1.82) is 0 Å². The van der Waals surface area contributed by atoms with Gasteiger partial charge in [-0.25, -0.2) is 14.3 Å². The number of carboxylic acid groups (broad SMARTS) is 1. The molecule has 0 radical (unpaired) electrons. The summed E-state index contributed by atoms with van der Waals surface area (Å²) in [6.07, 6.45) is 5.45. The molecule has 0 amide bonds. The third kappa shape index (κ3) is 5.40. The maximum atomic E-state index is 13.0. The van der Waals surface area contributed by atoms with Crippen LogP contribution in [0.3, 0.4) is 0 Å². The summed E-state index contributed by atoms with van der Waals surface area (Å²) in [5.74, 6) is 0.290. The van der Waals surface area contributed by atoms with Crippen LogP contribution in [0.25, 0.3) is 11.1 Å². The van der Waals surface area contributed by atoms with Crippen LogP contribution in [-0.2, 0) is 19.5 Å². The first-order valence-corrected chi connectivity index (χ1v) is 10.6. The quantitative estimate of drug-likeness (QED) is 0.513. The number of aromatic nitrogens is 3. The molecular weight excluding hydrogens is 390 g/mol. The molecule has 1 aromatic heterocycles. The first kappa shape index (κ1) is 22.3. The molecule has 1 heterocycles. The van der Waals surface area contributed by atoms with E-state index < -0.39 is 5.97 Å². The van der Waals surface area contributed by atoms with Gasteiger partial charge in [-0.15, -0.1) is 0 Å². The molecule has 6 nitrogen and oxygen atoms in total. The van der Waals surface area contributed by atoms with E-state index in [0.717, 1.165) is 23.4 Å². The zero-order chi connectivity index (χ0) is 22.4. The third-order valence-corrected chi connectivity index (χ3v) is 5.22. The van der Waals surface area contributed by atoms with Gasteiger partial charge in [0.2, 0.25) is 0 Å². The summed E-state index contributed by atoms with van der Waals surface area (Å²) in [4.78, 5) is 24.5. The molecular formula is C25H29N3O3. The molecule has 0 unspecified atom stereocenters. The predicted molar refractivity (Wildman–Crippen MR) is 122 cm³/mol. The lowest BCUT2D eigenvalue weighted by Crippen LogP contribution is -2.26. The monoisotopic (exact) mass is 419 g/mol. The SMILES string of the molecule is CC=CCc1nn(CCC(C)C)c(=O)n1Cc1ccc(-c2ccccc2C(=O)O)cc1. The van der Waals surface area contributed by atoms with Crippen LogP contribution >= 0.6 is 0 Å². The van der Waals surface area contributed by atoms with Crippen LogP contribution in [0.4, 0.5) is 0 Å². The molecule has 1 N–H and O–H groups in total. The molecule has 162 valence electrons. The number of hydrogen-bond donors (Lipinski definition) is 1. The molecule has 0 fully saturated rings. The highest BCUT2D eigenvalue weighted by Gasteiger charge is 2.14. The Balaban J connectivity index is 1.88. The van der Waals surface area contributed by atoms with E-state index in [1.807, 2.05) is 49.4 Å². The molecule has 0 atom stereocenters. The fourth-order valence-corrected chi connectivity index (χ4v) is 3.44. The minimum atomic E-state index is -0.950. The van der Waals surface area contributed by atoms with Crippen molar-refractivity contribution in [3.63, 3.8) is 0 Å². The summed E-state index contributed by atoms with van der Waals surface area (Å²) in [6, 6.07) is 14.6. The molecule has 0 aliphatic carbocycles. The van der Waals surface area contributed by atoms with Gasteiger partial charge >= 0.3 is 11.7 Å². The second kappa shape index (κ2) is 10.1. The number of rotatable bonds is 9. The van der Waals surface area contributed by atoms with Crippen LogP contribution in [0.1, 0.15) is 48.9 Å². The van der Waals surface area contributed by atoms with Crippen molar-refractivity contribution in [2.45, 2.75) is 46.7 Å². The number of nitrogens with zero attached hydrogens (tertiary/aromatic N) is 3. The van der Waals surface area contributed by atoms with Gasteiger partial charge in [-0.1, -0.05) is 68.5 Å². The largest absolute Gasteiger partial charge is 0.478 e. The molecule has 3 rings (SSSR count). The van der Waals surface area contributed by atoms with Crippen LogP contribution in [0, 0.1) is 5.92 Å². The Bertz CT molecular complexity index is 1120. The molecule has 0 bridgehead atoms. The lowest BCUT2D eigenvalue weighted by atomic mass is 9.99. The number of carbonyl (C=O) groups is 1. The number of aryl methyl sites for hydroxylation is 1. The average molecular weight is 420 g/mol. The zero-order valence-electron chi connectivity index (χ0n) is 18.3. The van der Waals surface area contributed by atoms with E-state index in [2.05, 4.69) is 18.9 Å². The van der Waals surface area contributed by atoms with E-state index in [1.165, 1.54) is 0 Å². The topological polar surface area (TPSA) is 77.1 Å². The van der Waals surface area contributed by atoms with Crippen LogP contribution < -0.4 is 5.69 Å². The second-order valence-corrected chi connectivity index (χ2v) is 8.01. The highest BCUT2D eigenvalue weighted by molar-refractivity contribution is 5.95. The smallest absolute Gasteiger partial charge is 0.346 e. The Morgan fingerprint density at radius 3 is 2.48 bits per heavy atom. The van der Waals surface area contributed by atoms with Gasteiger partial charge in [-0.2, -0.15) is 5.10 Å². The van der Waals surface area contributed by atoms with Crippen LogP contribution in [0.15, 0.2) is 65.5 Å². The van der Waals surface area contributed by atoms with Crippen LogP contribution in [-0.4, -0.2) is 25.4 Å². The normalized spacial score (nSPS) is 11.5. The first-order valence-electron chi connectivity index (χ1n) is 10.6. The Hall–Kier alpha value is -3.41. The van der Waals surface area contributed by atoms with Gasteiger partial charge in [-0.05, 0) is 42.0 Å². The molecule has 3 aromatic rings. The molecule has 0 saturated carbocycles. The highest BCUT2D eigenvalue weighted by Crippen LogP contribution is 2.24. The number of benzene rings is 2. The number of carboxylic acids is 1. The van der Waals surface area contributed by atoms with E-state index in [9.17, 15) is 14.7 Å². The van der Waals surface area contributed by atoms with Crippen LogP contribution in [0.2, 0.25) is 0 Å². The van der Waals surface area contributed by atoms with E-state index in [1.54, 1.807) is 27.4 Å². The molecule has 0 spiro atoms. The van der Waals surface area contributed by atoms with Crippen molar-refractivity contribution in [1.82, 2.24) is 14.3 Å². The number of aromatic carboxylic acids is 1. The van der Waals surface area contributed by atoms with Crippen molar-refractivity contribution in [2.24, 2.45) is 5.92 Å². The second-order valence-electron chi connectivity index (χ2n) is 8.01. The van der Waals surface area contributed by atoms with Crippen molar-refractivity contribution >= 4 is 5.97 Å². The van der Waals surface area contributed by atoms with Crippen molar-refractivity contribution in [3.8, 4) is 11.1 Å². The fourth-order valence-electron chi connectivity index (χ4n) is 3.44. The summed E-state index contributed by atoms with van der Waals surface area (Å²) in [5.41, 5.74) is 2.64. The van der Waals surface area contributed by atoms with Crippen molar-refractivity contribution in [2.75, 3.05) is 0 Å². The van der Waals surface area contributed by atoms with E-state index in [-0.39, 0.29) is 11.3 Å². The van der Waals surface area contributed by atoms with Gasteiger partial charge in [0.1, 0.15) is 5.82 Å².